The number of benzene rings is 1. The highest BCUT2D eigenvalue weighted by molar-refractivity contribution is 14.2. The average Bonchev–Trinajstić information content (AvgIpc) is 2.96. The van der Waals surface area contributed by atoms with Gasteiger partial charge in [-0.25, -0.2) is 9.07 Å². The first kappa shape index (κ1) is 19.4. The van der Waals surface area contributed by atoms with Crippen LogP contribution in [0.15, 0.2) is 17.2 Å². The second-order valence-corrected chi connectivity index (χ2v) is 6.41. The van der Waals surface area contributed by atoms with Gasteiger partial charge in [0.15, 0.2) is 10.8 Å². The number of rotatable bonds is 7. The minimum absolute atomic E-state index is 0.110. The lowest BCUT2D eigenvalue weighted by Crippen LogP contribution is -2.15. The molecule has 0 spiro atoms. The molecule has 0 aliphatic carbocycles. The maximum absolute atomic E-state index is 14.5. The summed E-state index contributed by atoms with van der Waals surface area (Å²) in [4.78, 5) is 22.2. The highest BCUT2D eigenvalue weighted by Gasteiger charge is 2.26. The van der Waals surface area contributed by atoms with Gasteiger partial charge in [0.1, 0.15) is 18.1 Å². The Bertz CT molecular complexity index is 816. The van der Waals surface area contributed by atoms with Gasteiger partial charge >= 0.3 is 11.7 Å². The van der Waals surface area contributed by atoms with E-state index in [4.69, 9.17) is 9.47 Å². The quantitative estimate of drug-likeness (QED) is 0.257. The SMILES string of the molecule is CCOC(=O)Cn1nnc(SI)c1-c1cc([N+](=O)[O-])c(OC)cc1F. The summed E-state index contributed by atoms with van der Waals surface area (Å²) in [5, 5.41) is 19.2. The molecule has 12 heteroatoms. The van der Waals surface area contributed by atoms with E-state index in [1.54, 1.807) is 6.92 Å². The molecule has 1 heterocycles. The maximum atomic E-state index is 14.5. The fourth-order valence-electron chi connectivity index (χ4n) is 2.07. The lowest BCUT2D eigenvalue weighted by molar-refractivity contribution is -0.385. The zero-order chi connectivity index (χ0) is 18.6. The van der Waals surface area contributed by atoms with Crippen molar-refractivity contribution in [3.05, 3.63) is 28.1 Å². The number of halogens is 2. The van der Waals surface area contributed by atoms with Crippen molar-refractivity contribution in [3.63, 3.8) is 0 Å². The van der Waals surface area contributed by atoms with Crippen LogP contribution >= 0.6 is 30.1 Å². The summed E-state index contributed by atoms with van der Waals surface area (Å²) < 4.78 is 25.4. The van der Waals surface area contributed by atoms with Gasteiger partial charge in [0, 0.05) is 38.9 Å². The van der Waals surface area contributed by atoms with Crippen LogP contribution in [0, 0.1) is 15.9 Å². The number of nitro benzene ring substituents is 1. The number of nitrogens with zero attached hydrogens (tertiary/aromatic N) is 4. The van der Waals surface area contributed by atoms with Crippen LogP contribution in [0.4, 0.5) is 10.1 Å². The lowest BCUT2D eigenvalue weighted by Gasteiger charge is -2.10. The van der Waals surface area contributed by atoms with E-state index in [9.17, 15) is 19.3 Å². The largest absolute Gasteiger partial charge is 0.490 e. The monoisotopic (exact) mass is 482 g/mol. The van der Waals surface area contributed by atoms with Crippen LogP contribution in [-0.4, -0.2) is 39.6 Å². The predicted molar refractivity (Wildman–Crippen MR) is 95.1 cm³/mol. The number of carbonyl (C=O) groups excluding carboxylic acids is 1. The molecule has 2 rings (SSSR count). The highest BCUT2D eigenvalue weighted by Crippen LogP contribution is 2.39. The first-order valence-corrected chi connectivity index (χ1v) is 10.2. The smallest absolute Gasteiger partial charge is 0.327 e. The topological polar surface area (TPSA) is 109 Å². The minimum atomic E-state index is -0.762. The molecular formula is C13H12FIN4O5S. The molecule has 0 aliphatic rings. The third-order valence-corrected chi connectivity index (χ3v) is 4.75. The van der Waals surface area contributed by atoms with E-state index in [1.165, 1.54) is 7.11 Å². The summed E-state index contributed by atoms with van der Waals surface area (Å²) in [6.07, 6.45) is 0. The van der Waals surface area contributed by atoms with Gasteiger partial charge in [-0.2, -0.15) is 0 Å². The van der Waals surface area contributed by atoms with Crippen LogP contribution < -0.4 is 4.74 Å². The van der Waals surface area contributed by atoms with Crippen LogP contribution in [0.2, 0.25) is 0 Å². The van der Waals surface area contributed by atoms with Gasteiger partial charge in [0.05, 0.1) is 18.6 Å². The second kappa shape index (κ2) is 8.42. The van der Waals surface area contributed by atoms with Crippen LogP contribution in [0.5, 0.6) is 5.75 Å². The third-order valence-electron chi connectivity index (χ3n) is 3.08. The van der Waals surface area contributed by atoms with Crippen molar-refractivity contribution < 1.29 is 23.6 Å². The van der Waals surface area contributed by atoms with E-state index < -0.39 is 22.4 Å². The van der Waals surface area contributed by atoms with Crippen molar-refractivity contribution in [2.24, 2.45) is 0 Å². The molecule has 0 bridgehead atoms. The molecule has 0 N–H and O–H groups in total. The Labute approximate surface area is 157 Å². The lowest BCUT2D eigenvalue weighted by atomic mass is 10.1. The standard InChI is InChI=1S/C13H12FIN4O5S/c1-3-24-11(20)6-18-12(13(25-15)16-17-18)7-4-9(19(21)22)10(23-2)5-8(7)14/h4-5H,3,6H2,1-2H3. The van der Waals surface area contributed by atoms with Crippen LogP contribution in [0.1, 0.15) is 6.92 Å². The second-order valence-electron chi connectivity index (χ2n) is 4.54. The third kappa shape index (κ3) is 4.18. The number of esters is 1. The maximum Gasteiger partial charge on any atom is 0.327 e. The minimum Gasteiger partial charge on any atom is -0.490 e. The summed E-state index contributed by atoms with van der Waals surface area (Å²) in [5.74, 6) is -1.55. The van der Waals surface area contributed by atoms with Gasteiger partial charge in [0.2, 0.25) is 0 Å². The van der Waals surface area contributed by atoms with Crippen LogP contribution in [-0.2, 0) is 16.1 Å². The Morgan fingerprint density at radius 2 is 2.24 bits per heavy atom. The molecule has 1 aromatic carbocycles. The highest BCUT2D eigenvalue weighted by atomic mass is 127. The van der Waals surface area contributed by atoms with Crippen molar-refractivity contribution in [1.82, 2.24) is 15.0 Å². The molecule has 2 aromatic rings. The molecule has 0 saturated carbocycles. The Kier molecular flexibility index (Phi) is 6.52. The Morgan fingerprint density at radius 1 is 1.52 bits per heavy atom. The summed E-state index contributed by atoms with van der Waals surface area (Å²) in [7, 11) is 2.35. The normalized spacial score (nSPS) is 10.6. The first-order chi connectivity index (χ1) is 11.9. The fourth-order valence-corrected chi connectivity index (χ4v) is 3.32. The molecule has 9 nitrogen and oxygen atoms in total. The van der Waals surface area contributed by atoms with Gasteiger partial charge in [-0.05, 0) is 15.9 Å². The van der Waals surface area contributed by atoms with Crippen LogP contribution in [0.3, 0.4) is 0 Å². The zero-order valence-corrected chi connectivity index (χ0v) is 16.0. The fraction of sp³-hybridized carbons (Fsp3) is 0.308. The Hall–Kier alpha value is -1.96. The molecule has 1 aromatic heterocycles. The Balaban J connectivity index is 2.60. The molecule has 0 amide bonds. The molecule has 0 atom stereocenters. The van der Waals surface area contributed by atoms with Crippen molar-refractivity contribution in [2.45, 2.75) is 18.5 Å². The van der Waals surface area contributed by atoms with E-state index in [0.29, 0.717) is 5.03 Å². The van der Waals surface area contributed by atoms with Gasteiger partial charge in [0.25, 0.3) is 0 Å². The van der Waals surface area contributed by atoms with Crippen molar-refractivity contribution in [3.8, 4) is 17.0 Å². The van der Waals surface area contributed by atoms with Gasteiger partial charge in [-0.3, -0.25) is 14.9 Å². The van der Waals surface area contributed by atoms with E-state index >= 15 is 0 Å². The number of hydrogen-bond donors (Lipinski definition) is 0. The number of methoxy groups -OCH3 is 1. The van der Waals surface area contributed by atoms with Gasteiger partial charge in [-0.15, -0.1) is 5.10 Å². The van der Waals surface area contributed by atoms with Gasteiger partial charge in [-0.1, -0.05) is 5.21 Å². The number of hydrogen-bond acceptors (Lipinski definition) is 8. The molecule has 0 aliphatic heterocycles. The van der Waals surface area contributed by atoms with Crippen molar-refractivity contribution >= 4 is 41.8 Å². The van der Waals surface area contributed by atoms with E-state index in [-0.39, 0.29) is 30.2 Å². The molecule has 0 radical (unpaired) electrons. The summed E-state index contributed by atoms with van der Waals surface area (Å²) >= 11 is 1.92. The molecule has 0 saturated heterocycles. The van der Waals surface area contributed by atoms with E-state index in [2.05, 4.69) is 10.3 Å². The summed E-state index contributed by atoms with van der Waals surface area (Å²) in [6.45, 7) is 1.53. The number of ether oxygens (including phenoxy) is 2. The molecule has 0 unspecified atom stereocenters. The average molecular weight is 482 g/mol. The number of carbonyl (C=O) groups is 1. The summed E-state index contributed by atoms with van der Waals surface area (Å²) in [6, 6.07) is 1.95. The van der Waals surface area contributed by atoms with E-state index in [1.807, 2.05) is 21.2 Å². The first-order valence-electron chi connectivity index (χ1n) is 6.82. The molecule has 25 heavy (non-hydrogen) atoms. The molecular weight excluding hydrogens is 470 g/mol. The number of aromatic nitrogens is 3. The van der Waals surface area contributed by atoms with Crippen LogP contribution in [0.25, 0.3) is 11.3 Å². The number of nitro groups is 1. The summed E-state index contributed by atoms with van der Waals surface area (Å²) in [5.41, 5.74) is -0.371. The zero-order valence-electron chi connectivity index (χ0n) is 13.1. The Morgan fingerprint density at radius 3 is 2.80 bits per heavy atom. The van der Waals surface area contributed by atoms with Crippen molar-refractivity contribution in [2.75, 3.05) is 13.7 Å². The van der Waals surface area contributed by atoms with E-state index in [0.717, 1.165) is 25.7 Å². The molecule has 134 valence electrons. The van der Waals surface area contributed by atoms with Crippen molar-refractivity contribution in [1.29, 1.82) is 0 Å². The predicted octanol–water partition coefficient (Wildman–Crippen LogP) is 3.01. The van der Waals surface area contributed by atoms with Gasteiger partial charge < -0.3 is 9.47 Å². The molecule has 0 fully saturated rings.